The summed E-state index contributed by atoms with van der Waals surface area (Å²) in [5, 5.41) is 0.554. The van der Waals surface area contributed by atoms with Crippen LogP contribution < -0.4 is 5.56 Å². The second kappa shape index (κ2) is 8.56. The van der Waals surface area contributed by atoms with Crippen LogP contribution in [0.5, 0.6) is 0 Å². The lowest BCUT2D eigenvalue weighted by Gasteiger charge is -2.29. The molecule has 5 nitrogen and oxygen atoms in total. The van der Waals surface area contributed by atoms with Crippen LogP contribution in [0.15, 0.2) is 83.7 Å². The van der Waals surface area contributed by atoms with Gasteiger partial charge in [-0.25, -0.2) is 4.98 Å². The average molecular weight is 412 g/mol. The number of rotatable bonds is 5. The third-order valence-electron chi connectivity index (χ3n) is 5.59. The van der Waals surface area contributed by atoms with Crippen LogP contribution in [0, 0.1) is 6.92 Å². The van der Waals surface area contributed by atoms with Gasteiger partial charge in [0.05, 0.1) is 22.6 Å². The molecule has 0 fully saturated rings. The first kappa shape index (κ1) is 20.5. The summed E-state index contributed by atoms with van der Waals surface area (Å²) in [6, 6.07) is 23.9. The van der Waals surface area contributed by atoms with E-state index in [0.717, 1.165) is 11.3 Å². The molecular weight excluding hydrogens is 386 g/mol. The number of carbonyl (C=O) groups is 1. The van der Waals surface area contributed by atoms with Crippen molar-refractivity contribution in [1.82, 2.24) is 14.5 Å². The number of fused-ring (bicyclic) bond motifs is 1. The molecule has 1 atom stereocenters. The van der Waals surface area contributed by atoms with Gasteiger partial charge in [-0.05, 0) is 49.7 Å². The van der Waals surface area contributed by atoms with Crippen LogP contribution in [0.1, 0.15) is 41.1 Å². The number of hydrogen-bond acceptors (Lipinski definition) is 3. The zero-order chi connectivity index (χ0) is 22.0. The van der Waals surface area contributed by atoms with Crippen molar-refractivity contribution >= 4 is 16.8 Å². The molecule has 1 unspecified atom stereocenters. The van der Waals surface area contributed by atoms with Gasteiger partial charge >= 0.3 is 0 Å². The highest BCUT2D eigenvalue weighted by molar-refractivity contribution is 5.94. The largest absolute Gasteiger partial charge is 0.332 e. The summed E-state index contributed by atoms with van der Waals surface area (Å²) >= 11 is 0. The minimum Gasteiger partial charge on any atom is -0.332 e. The van der Waals surface area contributed by atoms with Crippen molar-refractivity contribution in [2.45, 2.75) is 26.3 Å². The van der Waals surface area contributed by atoms with E-state index >= 15 is 0 Å². The molecule has 4 aromatic rings. The first-order chi connectivity index (χ1) is 15.0. The van der Waals surface area contributed by atoms with Crippen molar-refractivity contribution in [2.75, 3.05) is 7.05 Å². The maximum absolute atomic E-state index is 13.5. The fourth-order valence-corrected chi connectivity index (χ4v) is 3.87. The van der Waals surface area contributed by atoms with Crippen LogP contribution in [-0.2, 0) is 0 Å². The van der Waals surface area contributed by atoms with Gasteiger partial charge in [0.25, 0.3) is 11.5 Å². The molecule has 4 rings (SSSR count). The first-order valence-corrected chi connectivity index (χ1v) is 10.4. The lowest BCUT2D eigenvalue weighted by molar-refractivity contribution is 0.0717. The average Bonchev–Trinajstić information content (AvgIpc) is 2.80. The Morgan fingerprint density at radius 2 is 1.61 bits per heavy atom. The van der Waals surface area contributed by atoms with E-state index in [4.69, 9.17) is 4.98 Å². The van der Waals surface area contributed by atoms with Gasteiger partial charge in [0.1, 0.15) is 5.82 Å². The number of aromatic nitrogens is 2. The van der Waals surface area contributed by atoms with Crippen LogP contribution in [-0.4, -0.2) is 27.4 Å². The van der Waals surface area contributed by atoms with Gasteiger partial charge < -0.3 is 4.90 Å². The molecule has 0 aliphatic carbocycles. The normalized spacial score (nSPS) is 12.0. The SMILES string of the molecule is CCC(c1nc2ccccc2c(=O)n1-c1ccc(C)cc1)N(C)C(=O)c1ccccc1. The van der Waals surface area contributed by atoms with Crippen molar-refractivity contribution in [1.29, 1.82) is 0 Å². The van der Waals surface area contributed by atoms with Crippen molar-refractivity contribution in [2.24, 2.45) is 0 Å². The predicted molar refractivity (Wildman–Crippen MR) is 124 cm³/mol. The maximum Gasteiger partial charge on any atom is 0.266 e. The molecule has 5 heteroatoms. The Hall–Kier alpha value is -3.73. The number of carbonyl (C=O) groups excluding carboxylic acids is 1. The Bertz CT molecular complexity index is 1280. The van der Waals surface area contributed by atoms with Crippen molar-refractivity contribution in [3.63, 3.8) is 0 Å². The summed E-state index contributed by atoms with van der Waals surface area (Å²) < 4.78 is 1.64. The van der Waals surface area contributed by atoms with Crippen LogP contribution in [0.2, 0.25) is 0 Å². The summed E-state index contributed by atoms with van der Waals surface area (Å²) in [5.74, 6) is 0.451. The molecule has 156 valence electrons. The monoisotopic (exact) mass is 411 g/mol. The van der Waals surface area contributed by atoms with Gasteiger partial charge in [0.2, 0.25) is 0 Å². The lowest BCUT2D eigenvalue weighted by Crippen LogP contribution is -2.36. The van der Waals surface area contributed by atoms with Gasteiger partial charge in [-0.2, -0.15) is 0 Å². The van der Waals surface area contributed by atoms with E-state index in [9.17, 15) is 9.59 Å². The molecule has 0 saturated carbocycles. The molecule has 0 saturated heterocycles. The fraction of sp³-hybridized carbons (Fsp3) is 0.192. The molecule has 31 heavy (non-hydrogen) atoms. The number of amides is 1. The summed E-state index contributed by atoms with van der Waals surface area (Å²) in [6.07, 6.45) is 0.617. The predicted octanol–water partition coefficient (Wildman–Crippen LogP) is 4.92. The van der Waals surface area contributed by atoms with E-state index in [2.05, 4.69) is 0 Å². The third kappa shape index (κ3) is 3.87. The second-order valence-corrected chi connectivity index (χ2v) is 7.67. The van der Waals surface area contributed by atoms with Gasteiger partial charge in [-0.3, -0.25) is 14.2 Å². The van der Waals surface area contributed by atoms with Crippen molar-refractivity contribution in [3.8, 4) is 5.69 Å². The minimum absolute atomic E-state index is 0.106. The van der Waals surface area contributed by atoms with Crippen molar-refractivity contribution < 1.29 is 4.79 Å². The molecule has 0 N–H and O–H groups in total. The van der Waals surface area contributed by atoms with Crippen LogP contribution in [0.3, 0.4) is 0 Å². The Labute approximate surface area is 181 Å². The van der Waals surface area contributed by atoms with Gasteiger partial charge in [0, 0.05) is 12.6 Å². The smallest absolute Gasteiger partial charge is 0.266 e. The number of benzene rings is 3. The van der Waals surface area contributed by atoms with Crippen LogP contribution >= 0.6 is 0 Å². The molecule has 1 heterocycles. The zero-order valence-electron chi connectivity index (χ0n) is 17.9. The molecular formula is C26H25N3O2. The van der Waals surface area contributed by atoms with Crippen LogP contribution in [0.4, 0.5) is 0 Å². The van der Waals surface area contributed by atoms with Gasteiger partial charge in [-0.1, -0.05) is 55.0 Å². The number of nitrogens with zero attached hydrogens (tertiary/aromatic N) is 3. The van der Waals surface area contributed by atoms with E-state index in [1.807, 2.05) is 74.5 Å². The molecule has 3 aromatic carbocycles. The van der Waals surface area contributed by atoms with E-state index in [-0.39, 0.29) is 17.5 Å². The number of para-hydroxylation sites is 1. The lowest BCUT2D eigenvalue weighted by atomic mass is 10.1. The topological polar surface area (TPSA) is 55.2 Å². The summed E-state index contributed by atoms with van der Waals surface area (Å²) in [7, 11) is 1.77. The minimum atomic E-state index is -0.369. The highest BCUT2D eigenvalue weighted by Crippen LogP contribution is 2.26. The van der Waals surface area contributed by atoms with E-state index < -0.39 is 0 Å². The quantitative estimate of drug-likeness (QED) is 0.468. The Kier molecular flexibility index (Phi) is 5.67. The Morgan fingerprint density at radius 1 is 0.968 bits per heavy atom. The van der Waals surface area contributed by atoms with E-state index in [1.54, 1.807) is 34.7 Å². The second-order valence-electron chi connectivity index (χ2n) is 7.67. The number of hydrogen-bond donors (Lipinski definition) is 0. The zero-order valence-corrected chi connectivity index (χ0v) is 17.9. The number of aryl methyl sites for hydroxylation is 1. The fourth-order valence-electron chi connectivity index (χ4n) is 3.87. The summed E-state index contributed by atoms with van der Waals surface area (Å²) in [5.41, 5.74) is 2.94. The molecule has 0 bridgehead atoms. The Balaban J connectivity index is 1.92. The summed E-state index contributed by atoms with van der Waals surface area (Å²) in [4.78, 5) is 33.3. The molecule has 0 aliphatic heterocycles. The first-order valence-electron chi connectivity index (χ1n) is 10.4. The molecule has 1 amide bonds. The molecule has 0 radical (unpaired) electrons. The molecule has 0 aliphatic rings. The van der Waals surface area contributed by atoms with Gasteiger partial charge in [0.15, 0.2) is 0 Å². The highest BCUT2D eigenvalue weighted by atomic mass is 16.2. The molecule has 0 spiro atoms. The van der Waals surface area contributed by atoms with Gasteiger partial charge in [-0.15, -0.1) is 0 Å². The van der Waals surface area contributed by atoms with E-state index in [0.29, 0.717) is 28.7 Å². The highest BCUT2D eigenvalue weighted by Gasteiger charge is 2.27. The van der Waals surface area contributed by atoms with Crippen LogP contribution in [0.25, 0.3) is 16.6 Å². The Morgan fingerprint density at radius 3 is 2.29 bits per heavy atom. The van der Waals surface area contributed by atoms with E-state index in [1.165, 1.54) is 0 Å². The van der Waals surface area contributed by atoms with Crippen molar-refractivity contribution in [3.05, 3.63) is 106 Å². The standard InChI is InChI=1S/C26H25N3O2/c1-4-23(28(3)25(30)19-10-6-5-7-11-19)24-27-22-13-9-8-12-21(22)26(31)29(24)20-16-14-18(2)15-17-20/h5-17,23H,4H2,1-3H3. The third-order valence-corrected chi connectivity index (χ3v) is 5.59. The summed E-state index contributed by atoms with van der Waals surface area (Å²) in [6.45, 7) is 4.01. The molecule has 1 aromatic heterocycles. The maximum atomic E-state index is 13.5.